The molecule has 1 aliphatic rings. The number of halogens is 2. The van der Waals surface area contributed by atoms with Crippen LogP contribution in [0.3, 0.4) is 0 Å². The second kappa shape index (κ2) is 2.56. The number of hydrogen-bond donors (Lipinski definition) is 0. The minimum absolute atomic E-state index is 0.616. The Balaban J connectivity index is 2.64. The number of aryl methyl sites for hydroxylation is 1. The van der Waals surface area contributed by atoms with Crippen molar-refractivity contribution in [3.63, 3.8) is 0 Å². The molecule has 1 atom stereocenters. The van der Waals surface area contributed by atoms with Crippen molar-refractivity contribution >= 4 is 15.9 Å². The van der Waals surface area contributed by atoms with E-state index in [4.69, 9.17) is 0 Å². The third kappa shape index (κ3) is 1.09. The highest BCUT2D eigenvalue weighted by Gasteiger charge is 2.35. The van der Waals surface area contributed by atoms with Crippen LogP contribution in [0.2, 0.25) is 0 Å². The second-order valence-corrected chi connectivity index (χ2v) is 4.33. The first kappa shape index (κ1) is 8.24. The van der Waals surface area contributed by atoms with Gasteiger partial charge in [-0.1, -0.05) is 28.1 Å². The number of fused-ring (bicyclic) bond motifs is 1. The summed E-state index contributed by atoms with van der Waals surface area (Å²) in [5, 5.41) is 0. The largest absolute Gasteiger partial charge is 0.239 e. The summed E-state index contributed by atoms with van der Waals surface area (Å²) < 4.78 is 14.7. The van der Waals surface area contributed by atoms with Crippen LogP contribution in [0.25, 0.3) is 0 Å². The van der Waals surface area contributed by atoms with Gasteiger partial charge < -0.3 is 0 Å². The van der Waals surface area contributed by atoms with Crippen LogP contribution in [0.15, 0.2) is 22.7 Å². The summed E-state index contributed by atoms with van der Waals surface area (Å²) >= 11 is 3.38. The zero-order valence-corrected chi connectivity index (χ0v) is 8.49. The van der Waals surface area contributed by atoms with Crippen LogP contribution in [0.5, 0.6) is 0 Å². The second-order valence-electron chi connectivity index (χ2n) is 3.47. The van der Waals surface area contributed by atoms with Crippen LogP contribution in [0, 0.1) is 0 Å². The van der Waals surface area contributed by atoms with E-state index in [0.717, 1.165) is 22.0 Å². The predicted molar refractivity (Wildman–Crippen MR) is 50.9 cm³/mol. The Bertz CT molecular complexity index is 318. The third-order valence-corrected chi connectivity index (χ3v) is 3.15. The van der Waals surface area contributed by atoms with Crippen molar-refractivity contribution in [2.24, 2.45) is 0 Å². The van der Waals surface area contributed by atoms with E-state index in [2.05, 4.69) is 15.9 Å². The van der Waals surface area contributed by atoms with Gasteiger partial charge >= 0.3 is 0 Å². The maximum atomic E-state index is 13.8. The topological polar surface area (TPSA) is 0 Å². The van der Waals surface area contributed by atoms with E-state index < -0.39 is 5.67 Å². The Labute approximate surface area is 79.9 Å². The minimum Gasteiger partial charge on any atom is -0.239 e. The van der Waals surface area contributed by atoms with Gasteiger partial charge in [0, 0.05) is 10.0 Å². The Hall–Kier alpha value is -0.370. The van der Waals surface area contributed by atoms with Crippen LogP contribution in [0.4, 0.5) is 4.39 Å². The predicted octanol–water partition coefficient (Wildman–Crippen LogP) is 3.58. The molecule has 0 saturated carbocycles. The molecule has 1 aromatic rings. The first-order chi connectivity index (χ1) is 5.61. The molecule has 1 unspecified atom stereocenters. The maximum Gasteiger partial charge on any atom is 0.134 e. The van der Waals surface area contributed by atoms with Gasteiger partial charge in [0.05, 0.1) is 0 Å². The van der Waals surface area contributed by atoms with Gasteiger partial charge in [-0.2, -0.15) is 0 Å². The van der Waals surface area contributed by atoms with Crippen molar-refractivity contribution in [1.29, 1.82) is 0 Å². The maximum absolute atomic E-state index is 13.8. The van der Waals surface area contributed by atoms with E-state index in [9.17, 15) is 4.39 Å². The van der Waals surface area contributed by atoms with Gasteiger partial charge in [0.15, 0.2) is 0 Å². The Morgan fingerprint density at radius 2 is 2.25 bits per heavy atom. The fourth-order valence-electron chi connectivity index (χ4n) is 1.86. The van der Waals surface area contributed by atoms with Gasteiger partial charge in [-0.05, 0) is 31.4 Å². The van der Waals surface area contributed by atoms with E-state index in [1.54, 1.807) is 6.92 Å². The van der Waals surface area contributed by atoms with Gasteiger partial charge in [-0.3, -0.25) is 0 Å². The molecule has 0 nitrogen and oxygen atoms in total. The molecule has 2 heteroatoms. The van der Waals surface area contributed by atoms with E-state index in [1.807, 2.05) is 18.2 Å². The molecule has 0 aromatic heterocycles. The lowest BCUT2D eigenvalue weighted by Gasteiger charge is -2.15. The van der Waals surface area contributed by atoms with Crippen molar-refractivity contribution in [1.82, 2.24) is 0 Å². The molecule has 1 aliphatic carbocycles. The van der Waals surface area contributed by atoms with E-state index >= 15 is 0 Å². The fraction of sp³-hybridized carbons (Fsp3) is 0.400. The van der Waals surface area contributed by atoms with E-state index in [1.165, 1.54) is 0 Å². The molecule has 12 heavy (non-hydrogen) atoms. The highest BCUT2D eigenvalue weighted by atomic mass is 79.9. The van der Waals surface area contributed by atoms with Crippen LogP contribution in [-0.2, 0) is 12.1 Å². The van der Waals surface area contributed by atoms with Gasteiger partial charge in [-0.15, -0.1) is 0 Å². The van der Waals surface area contributed by atoms with E-state index in [0.29, 0.717) is 6.42 Å². The lowest BCUT2D eigenvalue weighted by Crippen LogP contribution is -2.10. The average Bonchev–Trinajstić information content (AvgIpc) is 2.29. The fourth-order valence-corrected chi connectivity index (χ4v) is 2.68. The Kier molecular flexibility index (Phi) is 1.76. The highest BCUT2D eigenvalue weighted by Crippen LogP contribution is 2.43. The zero-order chi connectivity index (χ0) is 8.77. The molecule has 64 valence electrons. The summed E-state index contributed by atoms with van der Waals surface area (Å²) in [5.41, 5.74) is 0.870. The summed E-state index contributed by atoms with van der Waals surface area (Å²) in [5.74, 6) is 0. The first-order valence-electron chi connectivity index (χ1n) is 4.08. The standard InChI is InChI=1S/C10H10BrF/c1-10(12)6-5-7-3-2-4-8(11)9(7)10/h2-4H,5-6H2,1H3. The summed E-state index contributed by atoms with van der Waals surface area (Å²) in [6.45, 7) is 1.66. The van der Waals surface area contributed by atoms with Crippen molar-refractivity contribution in [3.05, 3.63) is 33.8 Å². The molecule has 0 heterocycles. The Morgan fingerprint density at radius 1 is 1.50 bits per heavy atom. The lowest BCUT2D eigenvalue weighted by molar-refractivity contribution is 0.193. The SMILES string of the molecule is CC1(F)CCc2cccc(Br)c21. The summed E-state index contributed by atoms with van der Waals surface area (Å²) in [6, 6.07) is 5.87. The molecule has 0 amide bonds. The zero-order valence-electron chi connectivity index (χ0n) is 6.90. The van der Waals surface area contributed by atoms with E-state index in [-0.39, 0.29) is 0 Å². The third-order valence-electron chi connectivity index (χ3n) is 2.49. The van der Waals surface area contributed by atoms with Gasteiger partial charge in [0.25, 0.3) is 0 Å². The molecule has 0 fully saturated rings. The monoisotopic (exact) mass is 228 g/mol. The van der Waals surface area contributed by atoms with Crippen LogP contribution >= 0.6 is 15.9 Å². The van der Waals surface area contributed by atoms with Crippen LogP contribution in [-0.4, -0.2) is 0 Å². The normalized spacial score (nSPS) is 27.2. The highest BCUT2D eigenvalue weighted by molar-refractivity contribution is 9.10. The van der Waals surface area contributed by atoms with Gasteiger partial charge in [0.1, 0.15) is 5.67 Å². The summed E-state index contributed by atoms with van der Waals surface area (Å²) in [4.78, 5) is 0. The summed E-state index contributed by atoms with van der Waals surface area (Å²) in [6.07, 6.45) is 1.48. The molecular weight excluding hydrogens is 219 g/mol. The molecule has 1 aromatic carbocycles. The molecule has 0 N–H and O–H groups in total. The molecular formula is C10H10BrF. The lowest BCUT2D eigenvalue weighted by atomic mass is 10.0. The molecule has 0 aliphatic heterocycles. The molecule has 0 radical (unpaired) electrons. The number of alkyl halides is 1. The van der Waals surface area contributed by atoms with Crippen molar-refractivity contribution in [2.75, 3.05) is 0 Å². The quantitative estimate of drug-likeness (QED) is 0.637. The molecule has 0 bridgehead atoms. The number of benzene rings is 1. The van der Waals surface area contributed by atoms with Crippen molar-refractivity contribution in [3.8, 4) is 0 Å². The average molecular weight is 229 g/mol. The Morgan fingerprint density at radius 3 is 2.92 bits per heavy atom. The smallest absolute Gasteiger partial charge is 0.134 e. The van der Waals surface area contributed by atoms with Gasteiger partial charge in [0.2, 0.25) is 0 Å². The van der Waals surface area contributed by atoms with Crippen molar-refractivity contribution < 1.29 is 4.39 Å². The molecule has 0 spiro atoms. The van der Waals surface area contributed by atoms with Gasteiger partial charge in [-0.25, -0.2) is 4.39 Å². The number of hydrogen-bond acceptors (Lipinski definition) is 0. The summed E-state index contributed by atoms with van der Waals surface area (Å²) in [7, 11) is 0. The van der Waals surface area contributed by atoms with Crippen LogP contribution in [0.1, 0.15) is 24.5 Å². The first-order valence-corrected chi connectivity index (χ1v) is 4.87. The van der Waals surface area contributed by atoms with Crippen molar-refractivity contribution in [2.45, 2.75) is 25.4 Å². The molecule has 2 rings (SSSR count). The molecule has 0 saturated heterocycles. The minimum atomic E-state index is -1.13. The number of rotatable bonds is 0. The van der Waals surface area contributed by atoms with Crippen LogP contribution < -0.4 is 0 Å².